The number of aryl methyl sites for hydroxylation is 2. The number of ether oxygens (including phenoxy) is 1. The average Bonchev–Trinajstić information content (AvgIpc) is 3.22. The lowest BCUT2D eigenvalue weighted by Gasteiger charge is -2.34. The molecule has 0 aromatic heterocycles. The third-order valence-electron chi connectivity index (χ3n) is 5.58. The van der Waals surface area contributed by atoms with Gasteiger partial charge in [-0.1, -0.05) is 25.0 Å². The number of sulfonamides is 1. The predicted molar refractivity (Wildman–Crippen MR) is 104 cm³/mol. The second kappa shape index (κ2) is 8.61. The van der Waals surface area contributed by atoms with Gasteiger partial charge < -0.3 is 9.64 Å². The first kappa shape index (κ1) is 20.8. The van der Waals surface area contributed by atoms with Crippen molar-refractivity contribution in [3.8, 4) is 0 Å². The summed E-state index contributed by atoms with van der Waals surface area (Å²) in [5, 5.41) is 0. The molecule has 0 unspecified atom stereocenters. The summed E-state index contributed by atoms with van der Waals surface area (Å²) in [6.45, 7) is 4.44. The molecule has 0 atom stereocenters. The largest absolute Gasteiger partial charge is 0.455 e. The Balaban J connectivity index is 1.54. The molecule has 1 saturated carbocycles. The van der Waals surface area contributed by atoms with Gasteiger partial charge >= 0.3 is 5.97 Å². The smallest absolute Gasteiger partial charge is 0.309 e. The number of nitrogens with zero attached hydrogens (tertiary/aromatic N) is 2. The van der Waals surface area contributed by atoms with E-state index in [4.69, 9.17) is 4.74 Å². The molecular weight excluding hydrogens is 380 g/mol. The highest BCUT2D eigenvalue weighted by Gasteiger charge is 2.32. The number of esters is 1. The Morgan fingerprint density at radius 3 is 2.36 bits per heavy atom. The number of carbonyl (C=O) groups excluding carboxylic acids is 2. The zero-order valence-corrected chi connectivity index (χ0v) is 17.3. The number of hydrogen-bond acceptors (Lipinski definition) is 5. The zero-order chi connectivity index (χ0) is 20.3. The number of carbonyl (C=O) groups is 2. The second-order valence-electron chi connectivity index (χ2n) is 7.64. The van der Waals surface area contributed by atoms with Crippen molar-refractivity contribution >= 4 is 21.9 Å². The summed E-state index contributed by atoms with van der Waals surface area (Å²) in [6, 6.07) is 5.38. The summed E-state index contributed by atoms with van der Waals surface area (Å²) >= 11 is 0. The molecule has 0 spiro atoms. The van der Waals surface area contributed by atoms with E-state index in [0.717, 1.165) is 31.2 Å². The molecule has 1 amide bonds. The van der Waals surface area contributed by atoms with E-state index in [2.05, 4.69) is 0 Å². The SMILES string of the molecule is Cc1ccc(C)c(S(=O)(=O)N2CCN(C(=O)COC(=O)C3CCCC3)CC2)c1. The summed E-state index contributed by atoms with van der Waals surface area (Å²) in [7, 11) is -3.59. The maximum atomic E-state index is 13.0. The second-order valence-corrected chi connectivity index (χ2v) is 9.55. The van der Waals surface area contributed by atoms with Crippen LogP contribution in [0.3, 0.4) is 0 Å². The van der Waals surface area contributed by atoms with E-state index in [0.29, 0.717) is 23.5 Å². The van der Waals surface area contributed by atoms with Crippen LogP contribution >= 0.6 is 0 Å². The Hall–Kier alpha value is -1.93. The fraction of sp³-hybridized carbons (Fsp3) is 0.600. The van der Waals surface area contributed by atoms with Gasteiger partial charge in [0.05, 0.1) is 10.8 Å². The van der Waals surface area contributed by atoms with Gasteiger partial charge in [-0.25, -0.2) is 8.42 Å². The van der Waals surface area contributed by atoms with Gasteiger partial charge in [0, 0.05) is 26.2 Å². The quantitative estimate of drug-likeness (QED) is 0.695. The van der Waals surface area contributed by atoms with Crippen molar-refractivity contribution < 1.29 is 22.7 Å². The van der Waals surface area contributed by atoms with Crippen molar-refractivity contribution in [2.24, 2.45) is 5.92 Å². The van der Waals surface area contributed by atoms with E-state index in [1.54, 1.807) is 24.0 Å². The van der Waals surface area contributed by atoms with Gasteiger partial charge in [-0.2, -0.15) is 4.31 Å². The normalized spacial score (nSPS) is 19.0. The maximum absolute atomic E-state index is 13.0. The Bertz CT molecular complexity index is 838. The van der Waals surface area contributed by atoms with Crippen molar-refractivity contribution in [3.63, 3.8) is 0 Å². The van der Waals surface area contributed by atoms with Gasteiger partial charge in [-0.3, -0.25) is 9.59 Å². The van der Waals surface area contributed by atoms with Crippen LogP contribution in [0.5, 0.6) is 0 Å². The van der Waals surface area contributed by atoms with Crippen LogP contribution in [-0.4, -0.2) is 62.3 Å². The third kappa shape index (κ3) is 4.55. The summed E-state index contributed by atoms with van der Waals surface area (Å²) in [6.07, 6.45) is 3.74. The van der Waals surface area contributed by atoms with Gasteiger partial charge in [0.25, 0.3) is 5.91 Å². The summed E-state index contributed by atoms with van der Waals surface area (Å²) in [5.74, 6) is -0.635. The molecule has 154 valence electrons. The van der Waals surface area contributed by atoms with Crippen molar-refractivity contribution in [1.29, 1.82) is 0 Å². The van der Waals surface area contributed by atoms with Crippen molar-refractivity contribution in [3.05, 3.63) is 29.3 Å². The Morgan fingerprint density at radius 2 is 1.71 bits per heavy atom. The molecule has 0 radical (unpaired) electrons. The number of amides is 1. The molecule has 2 fully saturated rings. The Labute approximate surface area is 166 Å². The highest BCUT2D eigenvalue weighted by Crippen LogP contribution is 2.26. The molecule has 1 heterocycles. The van der Waals surface area contributed by atoms with Crippen LogP contribution in [0.15, 0.2) is 23.1 Å². The molecule has 8 heteroatoms. The van der Waals surface area contributed by atoms with Crippen LogP contribution in [0.4, 0.5) is 0 Å². The van der Waals surface area contributed by atoms with Crippen molar-refractivity contribution in [1.82, 2.24) is 9.21 Å². The van der Waals surface area contributed by atoms with Gasteiger partial charge in [0.2, 0.25) is 10.0 Å². The van der Waals surface area contributed by atoms with Crippen LogP contribution in [-0.2, 0) is 24.3 Å². The molecule has 0 bridgehead atoms. The third-order valence-corrected chi connectivity index (χ3v) is 7.62. The van der Waals surface area contributed by atoms with E-state index in [-0.39, 0.29) is 37.5 Å². The molecule has 28 heavy (non-hydrogen) atoms. The fourth-order valence-electron chi connectivity index (χ4n) is 3.81. The minimum Gasteiger partial charge on any atom is -0.455 e. The average molecular weight is 409 g/mol. The topological polar surface area (TPSA) is 84.0 Å². The maximum Gasteiger partial charge on any atom is 0.309 e. The highest BCUT2D eigenvalue weighted by atomic mass is 32.2. The first-order chi connectivity index (χ1) is 13.3. The predicted octanol–water partition coefficient (Wildman–Crippen LogP) is 1.87. The first-order valence-corrected chi connectivity index (χ1v) is 11.2. The van der Waals surface area contributed by atoms with Crippen LogP contribution in [0, 0.1) is 19.8 Å². The monoisotopic (exact) mass is 408 g/mol. The van der Waals surface area contributed by atoms with Crippen LogP contribution < -0.4 is 0 Å². The number of benzene rings is 1. The molecule has 1 aliphatic heterocycles. The number of piperazine rings is 1. The minimum atomic E-state index is -3.59. The summed E-state index contributed by atoms with van der Waals surface area (Å²) in [5.41, 5.74) is 1.60. The fourth-order valence-corrected chi connectivity index (χ4v) is 5.54. The van der Waals surface area contributed by atoms with E-state index < -0.39 is 10.0 Å². The van der Waals surface area contributed by atoms with Crippen LogP contribution in [0.2, 0.25) is 0 Å². The first-order valence-electron chi connectivity index (χ1n) is 9.81. The molecular formula is C20H28N2O5S. The van der Waals surface area contributed by atoms with Gasteiger partial charge in [-0.15, -0.1) is 0 Å². The zero-order valence-electron chi connectivity index (χ0n) is 16.5. The lowest BCUT2D eigenvalue weighted by atomic mass is 10.1. The molecule has 1 aromatic carbocycles. The lowest BCUT2D eigenvalue weighted by Crippen LogP contribution is -2.51. The van der Waals surface area contributed by atoms with E-state index in [9.17, 15) is 18.0 Å². The van der Waals surface area contributed by atoms with Crippen LogP contribution in [0.1, 0.15) is 36.8 Å². The standard InChI is InChI=1S/C20H28N2O5S/c1-15-7-8-16(2)18(13-15)28(25,26)22-11-9-21(10-12-22)19(23)14-27-20(24)17-5-3-4-6-17/h7-8,13,17H,3-6,9-12,14H2,1-2H3. The highest BCUT2D eigenvalue weighted by molar-refractivity contribution is 7.89. The van der Waals surface area contributed by atoms with Crippen molar-refractivity contribution in [2.45, 2.75) is 44.4 Å². The molecule has 3 rings (SSSR count). The van der Waals surface area contributed by atoms with E-state index >= 15 is 0 Å². The minimum absolute atomic E-state index is 0.0765. The molecule has 1 aliphatic carbocycles. The number of hydrogen-bond donors (Lipinski definition) is 0. The van der Waals surface area contributed by atoms with Crippen LogP contribution in [0.25, 0.3) is 0 Å². The van der Waals surface area contributed by atoms with E-state index in [1.165, 1.54) is 4.31 Å². The van der Waals surface area contributed by atoms with Gasteiger partial charge in [-0.05, 0) is 43.9 Å². The molecule has 7 nitrogen and oxygen atoms in total. The van der Waals surface area contributed by atoms with E-state index in [1.807, 2.05) is 13.0 Å². The molecule has 1 aromatic rings. The summed E-state index contributed by atoms with van der Waals surface area (Å²) < 4.78 is 32.5. The Kier molecular flexibility index (Phi) is 6.40. The van der Waals surface area contributed by atoms with Gasteiger partial charge in [0.15, 0.2) is 6.61 Å². The van der Waals surface area contributed by atoms with Gasteiger partial charge in [0.1, 0.15) is 0 Å². The molecule has 1 saturated heterocycles. The van der Waals surface area contributed by atoms with Crippen molar-refractivity contribution in [2.75, 3.05) is 32.8 Å². The molecule has 2 aliphatic rings. The molecule has 0 N–H and O–H groups in total. The lowest BCUT2D eigenvalue weighted by molar-refractivity contribution is -0.155. The summed E-state index contributed by atoms with van der Waals surface area (Å²) in [4.78, 5) is 26.2. The Morgan fingerprint density at radius 1 is 1.07 bits per heavy atom. The number of rotatable bonds is 5.